The molecule has 0 bridgehead atoms. The number of hydrogen-bond donors (Lipinski definition) is 1. The SMILES string of the molecule is Cc1cc(COc2cccc(CO)c2)no1. The van der Waals surface area contributed by atoms with Crippen molar-refractivity contribution in [3.63, 3.8) is 0 Å². The third-order valence-electron chi connectivity index (χ3n) is 2.14. The van der Waals surface area contributed by atoms with Gasteiger partial charge in [-0.2, -0.15) is 0 Å². The minimum atomic E-state index is 0.0142. The van der Waals surface area contributed by atoms with Gasteiger partial charge in [0.2, 0.25) is 0 Å². The summed E-state index contributed by atoms with van der Waals surface area (Å²) in [4.78, 5) is 0. The standard InChI is InChI=1S/C12H13NO3/c1-9-5-11(13-16-9)8-15-12-4-2-3-10(6-12)7-14/h2-6,14H,7-8H2,1H3. The van der Waals surface area contributed by atoms with E-state index in [0.717, 1.165) is 17.0 Å². The van der Waals surface area contributed by atoms with Crippen LogP contribution in [0, 0.1) is 6.92 Å². The highest BCUT2D eigenvalue weighted by Crippen LogP contribution is 2.15. The normalized spacial score (nSPS) is 10.4. The third-order valence-corrected chi connectivity index (χ3v) is 2.14. The molecule has 1 aromatic heterocycles. The first kappa shape index (κ1) is 10.7. The smallest absolute Gasteiger partial charge is 0.134 e. The Morgan fingerprint density at radius 3 is 2.94 bits per heavy atom. The molecule has 1 N–H and O–H groups in total. The molecule has 0 aliphatic heterocycles. The molecule has 0 fully saturated rings. The summed E-state index contributed by atoms with van der Waals surface area (Å²) >= 11 is 0. The first-order valence-electron chi connectivity index (χ1n) is 5.03. The van der Waals surface area contributed by atoms with Crippen LogP contribution in [0.4, 0.5) is 0 Å². The molecule has 2 aromatic rings. The maximum Gasteiger partial charge on any atom is 0.134 e. The average molecular weight is 219 g/mol. The Morgan fingerprint density at radius 2 is 2.25 bits per heavy atom. The summed E-state index contributed by atoms with van der Waals surface area (Å²) < 4.78 is 10.4. The van der Waals surface area contributed by atoms with Crippen LogP contribution >= 0.6 is 0 Å². The van der Waals surface area contributed by atoms with Crippen LogP contribution in [-0.2, 0) is 13.2 Å². The van der Waals surface area contributed by atoms with Crippen molar-refractivity contribution in [1.29, 1.82) is 0 Å². The second-order valence-electron chi connectivity index (χ2n) is 3.52. The van der Waals surface area contributed by atoms with Gasteiger partial charge in [0.15, 0.2) is 0 Å². The maximum atomic E-state index is 8.97. The van der Waals surface area contributed by atoms with Gasteiger partial charge in [0, 0.05) is 6.07 Å². The number of benzene rings is 1. The van der Waals surface area contributed by atoms with E-state index in [0.29, 0.717) is 12.4 Å². The summed E-state index contributed by atoms with van der Waals surface area (Å²) in [6.07, 6.45) is 0. The molecule has 0 radical (unpaired) electrons. The molecule has 0 aliphatic carbocycles. The number of aryl methyl sites for hydroxylation is 1. The number of rotatable bonds is 4. The summed E-state index contributed by atoms with van der Waals surface area (Å²) in [5, 5.41) is 12.8. The maximum absolute atomic E-state index is 8.97. The van der Waals surface area contributed by atoms with Crippen molar-refractivity contribution in [1.82, 2.24) is 5.16 Å². The Bertz CT molecular complexity index is 465. The molecule has 0 amide bonds. The van der Waals surface area contributed by atoms with Crippen molar-refractivity contribution < 1.29 is 14.4 Å². The van der Waals surface area contributed by atoms with Crippen molar-refractivity contribution in [2.24, 2.45) is 0 Å². The highest BCUT2D eigenvalue weighted by molar-refractivity contribution is 5.28. The van der Waals surface area contributed by atoms with Crippen molar-refractivity contribution in [2.75, 3.05) is 0 Å². The summed E-state index contributed by atoms with van der Waals surface area (Å²) in [7, 11) is 0. The molecule has 1 heterocycles. The zero-order chi connectivity index (χ0) is 11.4. The molecular formula is C12H13NO3. The number of aliphatic hydroxyl groups is 1. The van der Waals surface area contributed by atoms with Gasteiger partial charge in [0.25, 0.3) is 0 Å². The van der Waals surface area contributed by atoms with E-state index < -0.39 is 0 Å². The van der Waals surface area contributed by atoms with Gasteiger partial charge in [-0.15, -0.1) is 0 Å². The van der Waals surface area contributed by atoms with Gasteiger partial charge >= 0.3 is 0 Å². The minimum absolute atomic E-state index is 0.0142. The van der Waals surface area contributed by atoms with Crippen LogP contribution in [0.2, 0.25) is 0 Å². The zero-order valence-corrected chi connectivity index (χ0v) is 9.01. The fourth-order valence-electron chi connectivity index (χ4n) is 1.38. The number of aliphatic hydroxyl groups excluding tert-OH is 1. The van der Waals surface area contributed by atoms with E-state index in [1.54, 1.807) is 6.07 Å². The van der Waals surface area contributed by atoms with Crippen LogP contribution < -0.4 is 4.74 Å². The predicted molar refractivity (Wildman–Crippen MR) is 57.9 cm³/mol. The number of nitrogens with zero attached hydrogens (tertiary/aromatic N) is 1. The fourth-order valence-corrected chi connectivity index (χ4v) is 1.38. The highest BCUT2D eigenvalue weighted by atomic mass is 16.5. The Balaban J connectivity index is 1.99. The van der Waals surface area contributed by atoms with Crippen molar-refractivity contribution >= 4 is 0 Å². The van der Waals surface area contributed by atoms with E-state index in [9.17, 15) is 0 Å². The second-order valence-corrected chi connectivity index (χ2v) is 3.52. The Labute approximate surface area is 93.5 Å². The van der Waals surface area contributed by atoms with E-state index in [-0.39, 0.29) is 6.61 Å². The Kier molecular flexibility index (Phi) is 3.22. The molecule has 4 nitrogen and oxygen atoms in total. The first-order chi connectivity index (χ1) is 7.78. The highest BCUT2D eigenvalue weighted by Gasteiger charge is 2.01. The molecule has 84 valence electrons. The lowest BCUT2D eigenvalue weighted by atomic mass is 10.2. The summed E-state index contributed by atoms with van der Waals surface area (Å²) in [6.45, 7) is 2.22. The van der Waals surface area contributed by atoms with Crippen molar-refractivity contribution in [3.05, 3.63) is 47.3 Å². The lowest BCUT2D eigenvalue weighted by Gasteiger charge is -2.04. The van der Waals surface area contributed by atoms with E-state index in [1.165, 1.54) is 0 Å². The van der Waals surface area contributed by atoms with Crippen molar-refractivity contribution in [2.45, 2.75) is 20.1 Å². The lowest BCUT2D eigenvalue weighted by Crippen LogP contribution is -1.96. The van der Waals surface area contributed by atoms with Gasteiger partial charge < -0.3 is 14.4 Å². The minimum Gasteiger partial charge on any atom is -0.487 e. The molecule has 2 rings (SSSR count). The molecule has 1 aromatic carbocycles. The molecule has 0 aliphatic rings. The molecule has 4 heteroatoms. The monoisotopic (exact) mass is 219 g/mol. The van der Waals surface area contributed by atoms with Gasteiger partial charge in [-0.3, -0.25) is 0 Å². The largest absolute Gasteiger partial charge is 0.487 e. The topological polar surface area (TPSA) is 55.5 Å². The lowest BCUT2D eigenvalue weighted by molar-refractivity contribution is 0.274. The van der Waals surface area contributed by atoms with Crippen molar-refractivity contribution in [3.8, 4) is 5.75 Å². The molecule has 0 spiro atoms. The number of aromatic nitrogens is 1. The van der Waals surface area contributed by atoms with Crippen LogP contribution in [0.15, 0.2) is 34.9 Å². The number of hydrogen-bond acceptors (Lipinski definition) is 4. The quantitative estimate of drug-likeness (QED) is 0.855. The molecule has 16 heavy (non-hydrogen) atoms. The van der Waals surface area contributed by atoms with E-state index in [4.69, 9.17) is 14.4 Å². The summed E-state index contributed by atoms with van der Waals surface area (Å²) in [5.74, 6) is 1.48. The van der Waals surface area contributed by atoms with E-state index in [2.05, 4.69) is 5.16 Å². The summed E-state index contributed by atoms with van der Waals surface area (Å²) in [6, 6.07) is 9.15. The third kappa shape index (κ3) is 2.61. The zero-order valence-electron chi connectivity index (χ0n) is 9.01. The molecule has 0 saturated carbocycles. The second kappa shape index (κ2) is 4.81. The van der Waals surface area contributed by atoms with Crippen LogP contribution in [0.25, 0.3) is 0 Å². The van der Waals surface area contributed by atoms with Crippen LogP contribution in [0.3, 0.4) is 0 Å². The summed E-state index contributed by atoms with van der Waals surface area (Å²) in [5.41, 5.74) is 1.58. The van der Waals surface area contributed by atoms with Crippen LogP contribution in [-0.4, -0.2) is 10.3 Å². The predicted octanol–water partition coefficient (Wildman–Crippen LogP) is 2.05. The van der Waals surface area contributed by atoms with Crippen LogP contribution in [0.5, 0.6) is 5.75 Å². The molecule has 0 saturated heterocycles. The van der Waals surface area contributed by atoms with E-state index in [1.807, 2.05) is 31.2 Å². The Morgan fingerprint density at radius 1 is 1.38 bits per heavy atom. The molecular weight excluding hydrogens is 206 g/mol. The van der Waals surface area contributed by atoms with Gasteiger partial charge in [-0.25, -0.2) is 0 Å². The van der Waals surface area contributed by atoms with Crippen LogP contribution in [0.1, 0.15) is 17.0 Å². The molecule has 0 unspecified atom stereocenters. The molecule has 0 atom stereocenters. The fraction of sp³-hybridized carbons (Fsp3) is 0.250. The van der Waals surface area contributed by atoms with Gasteiger partial charge in [-0.05, 0) is 24.6 Å². The Hall–Kier alpha value is -1.81. The average Bonchev–Trinajstić information content (AvgIpc) is 2.73. The van der Waals surface area contributed by atoms with Gasteiger partial charge in [0.1, 0.15) is 23.8 Å². The van der Waals surface area contributed by atoms with E-state index >= 15 is 0 Å². The van der Waals surface area contributed by atoms with Gasteiger partial charge in [0.05, 0.1) is 6.61 Å². The van der Waals surface area contributed by atoms with Gasteiger partial charge in [-0.1, -0.05) is 17.3 Å². The first-order valence-corrected chi connectivity index (χ1v) is 5.03. The number of ether oxygens (including phenoxy) is 1.